The van der Waals surface area contributed by atoms with Gasteiger partial charge in [-0.15, -0.1) is 0 Å². The lowest BCUT2D eigenvalue weighted by Gasteiger charge is -2.13. The molecule has 0 saturated carbocycles. The summed E-state index contributed by atoms with van der Waals surface area (Å²) in [6.45, 7) is 5.63. The average molecular weight is 437 g/mol. The maximum atomic E-state index is 11.8. The largest absolute Gasteiger partial charge is 0.508 e. The molecule has 0 aliphatic rings. The molecule has 0 unspecified atom stereocenters. The Morgan fingerprint density at radius 3 is 2.28 bits per heavy atom. The second-order valence-corrected chi connectivity index (χ2v) is 7.59. The van der Waals surface area contributed by atoms with Crippen LogP contribution in [0, 0.1) is 0 Å². The maximum absolute atomic E-state index is 11.8. The van der Waals surface area contributed by atoms with Gasteiger partial charge in [0.1, 0.15) is 11.3 Å². The van der Waals surface area contributed by atoms with Gasteiger partial charge in [-0.25, -0.2) is 9.59 Å². The van der Waals surface area contributed by atoms with Crippen LogP contribution in [-0.4, -0.2) is 28.8 Å². The van der Waals surface area contributed by atoms with E-state index in [9.17, 15) is 19.8 Å². The molecule has 0 amide bonds. The highest BCUT2D eigenvalue weighted by Gasteiger charge is 2.19. The summed E-state index contributed by atoms with van der Waals surface area (Å²) in [7, 11) is 0. The Labute approximate surface area is 179 Å². The van der Waals surface area contributed by atoms with Gasteiger partial charge in [-0.05, 0) is 59.4 Å². The van der Waals surface area contributed by atoms with E-state index in [4.69, 9.17) is 27.9 Å². The van der Waals surface area contributed by atoms with Crippen molar-refractivity contribution in [2.24, 2.45) is 0 Å². The molecule has 5 nitrogen and oxygen atoms in total. The molecule has 0 aromatic heterocycles. The molecule has 0 aliphatic carbocycles. The smallest absolute Gasteiger partial charge is 0.345 e. The molecule has 0 saturated heterocycles. The van der Waals surface area contributed by atoms with Gasteiger partial charge in [0.2, 0.25) is 0 Å². The van der Waals surface area contributed by atoms with Crippen molar-refractivity contribution < 1.29 is 24.5 Å². The highest BCUT2D eigenvalue weighted by atomic mass is 35.5. The molecule has 154 valence electrons. The first-order valence-corrected chi connectivity index (χ1v) is 9.81. The van der Waals surface area contributed by atoms with Gasteiger partial charge in [-0.3, -0.25) is 0 Å². The van der Waals surface area contributed by atoms with Crippen LogP contribution in [-0.2, 0) is 20.7 Å². The number of carboxylic acid groups (broad SMARTS) is 1. The topological polar surface area (TPSA) is 83.8 Å². The first kappa shape index (κ1) is 22.8. The Kier molecular flexibility index (Phi) is 7.71. The minimum Gasteiger partial charge on any atom is -0.508 e. The number of carbonyl (C=O) groups excluding carboxylic acids is 1. The van der Waals surface area contributed by atoms with Crippen LogP contribution in [0.15, 0.2) is 35.9 Å². The van der Waals surface area contributed by atoms with Crippen LogP contribution < -0.4 is 0 Å². The van der Waals surface area contributed by atoms with E-state index in [1.54, 1.807) is 31.2 Å². The molecule has 0 radical (unpaired) electrons. The molecule has 0 heterocycles. The summed E-state index contributed by atoms with van der Waals surface area (Å²) in [5, 5.41) is 19.9. The van der Waals surface area contributed by atoms with E-state index in [1.807, 2.05) is 19.9 Å². The summed E-state index contributed by atoms with van der Waals surface area (Å²) in [5.41, 5.74) is 2.29. The number of rotatable bonds is 7. The van der Waals surface area contributed by atoms with E-state index in [1.165, 1.54) is 6.08 Å². The molecular weight excluding hydrogens is 415 g/mol. The molecule has 0 bridgehead atoms. The summed E-state index contributed by atoms with van der Waals surface area (Å²) < 4.78 is 4.77. The maximum Gasteiger partial charge on any atom is 0.345 e. The van der Waals surface area contributed by atoms with Crippen LogP contribution in [0.3, 0.4) is 0 Å². The number of esters is 1. The van der Waals surface area contributed by atoms with Crippen LogP contribution in [0.4, 0.5) is 0 Å². The Morgan fingerprint density at radius 2 is 1.76 bits per heavy atom. The molecule has 2 aromatic carbocycles. The number of phenolic OH excluding ortho intramolecular Hbond substituents is 1. The van der Waals surface area contributed by atoms with Crippen molar-refractivity contribution >= 4 is 41.2 Å². The van der Waals surface area contributed by atoms with Crippen LogP contribution in [0.5, 0.6) is 5.75 Å². The van der Waals surface area contributed by atoms with Crippen molar-refractivity contribution in [3.05, 3.63) is 68.2 Å². The summed E-state index contributed by atoms with van der Waals surface area (Å²) in [6.07, 6.45) is 1.62. The van der Waals surface area contributed by atoms with Gasteiger partial charge >= 0.3 is 11.9 Å². The predicted octanol–water partition coefficient (Wildman–Crippen LogP) is 5.44. The number of halogens is 2. The molecule has 2 rings (SSSR count). The average Bonchev–Trinajstić information content (AvgIpc) is 2.63. The zero-order valence-corrected chi connectivity index (χ0v) is 17.8. The third-order valence-electron chi connectivity index (χ3n) is 4.29. The van der Waals surface area contributed by atoms with Crippen LogP contribution in [0.25, 0.3) is 6.08 Å². The number of aromatic hydroxyl groups is 1. The van der Waals surface area contributed by atoms with E-state index in [0.717, 1.165) is 11.1 Å². The molecule has 0 fully saturated rings. The summed E-state index contributed by atoms with van der Waals surface area (Å²) >= 11 is 12.8. The monoisotopic (exact) mass is 436 g/mol. The number of hydrogen-bond donors (Lipinski definition) is 2. The number of carboxylic acids is 1. The van der Waals surface area contributed by atoms with E-state index in [-0.39, 0.29) is 18.3 Å². The van der Waals surface area contributed by atoms with Gasteiger partial charge in [-0.1, -0.05) is 49.2 Å². The van der Waals surface area contributed by atoms with Crippen molar-refractivity contribution in [2.45, 2.75) is 33.1 Å². The Balaban J connectivity index is 2.39. The SMILES string of the molecule is CCOC(=O)/C(=C\c1cc(Cl)c(Cc2ccc(O)c(C(C)C)c2)c(Cl)c1)C(=O)O. The zero-order chi connectivity index (χ0) is 21.7. The highest BCUT2D eigenvalue weighted by Crippen LogP contribution is 2.32. The van der Waals surface area contributed by atoms with Crippen LogP contribution in [0.1, 0.15) is 48.9 Å². The lowest BCUT2D eigenvalue weighted by Crippen LogP contribution is -2.15. The molecule has 0 atom stereocenters. The van der Waals surface area contributed by atoms with Gasteiger partial charge in [0.25, 0.3) is 0 Å². The van der Waals surface area contributed by atoms with E-state index in [2.05, 4.69) is 0 Å². The van der Waals surface area contributed by atoms with Gasteiger partial charge in [0, 0.05) is 16.5 Å². The van der Waals surface area contributed by atoms with Crippen LogP contribution >= 0.6 is 23.2 Å². The van der Waals surface area contributed by atoms with Crippen molar-refractivity contribution in [1.29, 1.82) is 0 Å². The van der Waals surface area contributed by atoms with E-state index >= 15 is 0 Å². The van der Waals surface area contributed by atoms with Crippen molar-refractivity contribution in [3.63, 3.8) is 0 Å². The van der Waals surface area contributed by atoms with Gasteiger partial charge in [0.05, 0.1) is 6.61 Å². The summed E-state index contributed by atoms with van der Waals surface area (Å²) in [6, 6.07) is 8.44. The second-order valence-electron chi connectivity index (χ2n) is 6.77. The quantitative estimate of drug-likeness (QED) is 0.261. The Bertz CT molecular complexity index is 941. The zero-order valence-electron chi connectivity index (χ0n) is 16.3. The van der Waals surface area contributed by atoms with Gasteiger partial charge < -0.3 is 14.9 Å². The number of benzene rings is 2. The Hall–Kier alpha value is -2.50. The second kappa shape index (κ2) is 9.81. The first-order chi connectivity index (χ1) is 13.6. The first-order valence-electron chi connectivity index (χ1n) is 9.05. The molecule has 0 spiro atoms. The van der Waals surface area contributed by atoms with Crippen LogP contribution in [0.2, 0.25) is 10.0 Å². The fourth-order valence-corrected chi connectivity index (χ4v) is 3.48. The number of carbonyl (C=O) groups is 2. The summed E-state index contributed by atoms with van der Waals surface area (Å²) in [4.78, 5) is 23.2. The minimum absolute atomic E-state index is 0.0644. The Morgan fingerprint density at radius 1 is 1.14 bits per heavy atom. The number of phenols is 1. The number of aliphatic carboxylic acids is 1. The van der Waals surface area contributed by atoms with Crippen molar-refractivity contribution in [2.75, 3.05) is 6.61 Å². The molecular formula is C22H22Cl2O5. The van der Waals surface area contributed by atoms with Crippen molar-refractivity contribution in [3.8, 4) is 5.75 Å². The number of hydrogen-bond acceptors (Lipinski definition) is 4. The fraction of sp³-hybridized carbons (Fsp3) is 0.273. The normalized spacial score (nSPS) is 11.6. The lowest BCUT2D eigenvalue weighted by molar-refractivity contribution is -0.143. The summed E-state index contributed by atoms with van der Waals surface area (Å²) in [5.74, 6) is -1.93. The fourth-order valence-electron chi connectivity index (χ4n) is 2.84. The third-order valence-corrected chi connectivity index (χ3v) is 4.97. The van der Waals surface area contributed by atoms with E-state index in [0.29, 0.717) is 27.6 Å². The van der Waals surface area contributed by atoms with Gasteiger partial charge in [-0.2, -0.15) is 0 Å². The third kappa shape index (κ3) is 5.75. The molecule has 0 aliphatic heterocycles. The van der Waals surface area contributed by atoms with Gasteiger partial charge in [0.15, 0.2) is 0 Å². The standard InChI is InChI=1S/C22H22Cl2O5/c1-4-29-22(28)17(21(26)27)9-14-10-18(23)16(19(24)11-14)8-13-5-6-20(25)15(7-13)12(2)3/h5-7,9-12,25H,4,8H2,1-3H3,(H,26,27)/b17-9-. The molecule has 2 N–H and O–H groups in total. The van der Waals surface area contributed by atoms with E-state index < -0.39 is 17.5 Å². The molecule has 2 aromatic rings. The minimum atomic E-state index is -1.40. The van der Waals surface area contributed by atoms with Crippen molar-refractivity contribution in [1.82, 2.24) is 0 Å². The number of ether oxygens (including phenoxy) is 1. The lowest BCUT2D eigenvalue weighted by atomic mass is 9.96. The highest BCUT2D eigenvalue weighted by molar-refractivity contribution is 6.36. The molecule has 29 heavy (non-hydrogen) atoms. The molecule has 7 heteroatoms. The predicted molar refractivity (Wildman–Crippen MR) is 114 cm³/mol.